The van der Waals surface area contributed by atoms with Gasteiger partial charge in [0.2, 0.25) is 0 Å². The highest BCUT2D eigenvalue weighted by Crippen LogP contribution is 2.19. The SMILES string of the molecule is O=C(c1cc([N+](=O)[O-])[nH]n1)N1CCCC[C@H]1CO. The maximum Gasteiger partial charge on any atom is 0.343 e. The Balaban J connectivity index is 2.15. The monoisotopic (exact) mass is 254 g/mol. The van der Waals surface area contributed by atoms with Crippen molar-refractivity contribution < 1.29 is 14.8 Å². The minimum atomic E-state index is -0.635. The second-order valence-electron chi connectivity index (χ2n) is 4.23. The summed E-state index contributed by atoms with van der Waals surface area (Å²) in [6.45, 7) is 0.447. The molecule has 1 aliphatic heterocycles. The molecule has 1 amide bonds. The zero-order valence-electron chi connectivity index (χ0n) is 9.70. The maximum absolute atomic E-state index is 12.1. The van der Waals surface area contributed by atoms with Gasteiger partial charge in [-0.25, -0.2) is 0 Å². The van der Waals surface area contributed by atoms with Crippen molar-refractivity contribution in [2.45, 2.75) is 25.3 Å². The first-order valence-electron chi connectivity index (χ1n) is 5.75. The van der Waals surface area contributed by atoms with Crippen LogP contribution < -0.4 is 0 Å². The van der Waals surface area contributed by atoms with Gasteiger partial charge in [0.25, 0.3) is 5.91 Å². The Morgan fingerprint density at radius 3 is 3.06 bits per heavy atom. The molecule has 2 heterocycles. The molecule has 1 aliphatic rings. The van der Waals surface area contributed by atoms with Crippen LogP contribution in [0.4, 0.5) is 5.82 Å². The zero-order chi connectivity index (χ0) is 13.1. The molecule has 0 saturated carbocycles. The van der Waals surface area contributed by atoms with Gasteiger partial charge in [0.05, 0.1) is 18.7 Å². The Morgan fingerprint density at radius 1 is 1.67 bits per heavy atom. The van der Waals surface area contributed by atoms with Gasteiger partial charge in [-0.15, -0.1) is 5.10 Å². The molecule has 0 spiro atoms. The van der Waals surface area contributed by atoms with E-state index in [9.17, 15) is 20.0 Å². The van der Waals surface area contributed by atoms with Crippen LogP contribution in [0, 0.1) is 10.1 Å². The van der Waals surface area contributed by atoms with Gasteiger partial charge in [-0.1, -0.05) is 5.10 Å². The summed E-state index contributed by atoms with van der Waals surface area (Å²) in [5.74, 6) is -0.686. The van der Waals surface area contributed by atoms with E-state index in [1.165, 1.54) is 4.90 Å². The summed E-state index contributed by atoms with van der Waals surface area (Å²) in [5, 5.41) is 25.6. The molecule has 1 atom stereocenters. The first-order valence-corrected chi connectivity index (χ1v) is 5.75. The minimum Gasteiger partial charge on any atom is -0.394 e. The molecule has 8 heteroatoms. The van der Waals surface area contributed by atoms with Crippen molar-refractivity contribution >= 4 is 11.7 Å². The summed E-state index contributed by atoms with van der Waals surface area (Å²) in [7, 11) is 0. The number of nitro groups is 1. The lowest BCUT2D eigenvalue weighted by molar-refractivity contribution is -0.389. The Morgan fingerprint density at radius 2 is 2.44 bits per heavy atom. The van der Waals surface area contributed by atoms with E-state index in [2.05, 4.69) is 10.2 Å². The number of amides is 1. The van der Waals surface area contributed by atoms with E-state index in [0.29, 0.717) is 6.54 Å². The summed E-state index contributed by atoms with van der Waals surface area (Å²) >= 11 is 0. The number of aliphatic hydroxyl groups excluding tert-OH is 1. The second-order valence-corrected chi connectivity index (χ2v) is 4.23. The Labute approximate surface area is 103 Å². The number of aromatic amines is 1. The first-order chi connectivity index (χ1) is 8.63. The van der Waals surface area contributed by atoms with Crippen LogP contribution in [0.2, 0.25) is 0 Å². The van der Waals surface area contributed by atoms with Gasteiger partial charge in [0.15, 0.2) is 5.69 Å². The third-order valence-corrected chi connectivity index (χ3v) is 3.08. The molecule has 0 unspecified atom stereocenters. The number of likely N-dealkylation sites (tertiary alicyclic amines) is 1. The molecular weight excluding hydrogens is 240 g/mol. The Bertz CT molecular complexity index is 458. The zero-order valence-corrected chi connectivity index (χ0v) is 9.70. The maximum atomic E-state index is 12.1. The summed E-state index contributed by atoms with van der Waals surface area (Å²) < 4.78 is 0. The largest absolute Gasteiger partial charge is 0.394 e. The molecule has 0 radical (unpaired) electrons. The Hall–Kier alpha value is -1.96. The van der Waals surface area contributed by atoms with E-state index in [4.69, 9.17) is 0 Å². The van der Waals surface area contributed by atoms with Crippen LogP contribution in [0.1, 0.15) is 29.8 Å². The topological polar surface area (TPSA) is 112 Å². The molecule has 2 rings (SSSR count). The van der Waals surface area contributed by atoms with Gasteiger partial charge in [0, 0.05) is 6.54 Å². The van der Waals surface area contributed by atoms with Crippen molar-refractivity contribution in [3.05, 3.63) is 21.9 Å². The van der Waals surface area contributed by atoms with Crippen molar-refractivity contribution in [2.75, 3.05) is 13.2 Å². The molecule has 1 aromatic heterocycles. The van der Waals surface area contributed by atoms with Gasteiger partial charge in [-0.3, -0.25) is 4.79 Å². The predicted molar refractivity (Wildman–Crippen MR) is 61.0 cm³/mol. The number of carbonyl (C=O) groups excluding carboxylic acids is 1. The average Bonchev–Trinajstić information content (AvgIpc) is 2.87. The fraction of sp³-hybridized carbons (Fsp3) is 0.600. The number of rotatable bonds is 3. The molecule has 0 bridgehead atoms. The molecule has 0 aromatic carbocycles. The van der Waals surface area contributed by atoms with Crippen LogP contribution in [0.25, 0.3) is 0 Å². The van der Waals surface area contributed by atoms with Crippen molar-refractivity contribution in [1.82, 2.24) is 15.1 Å². The lowest BCUT2D eigenvalue weighted by atomic mass is 10.0. The van der Waals surface area contributed by atoms with Gasteiger partial charge in [-0.2, -0.15) is 0 Å². The van der Waals surface area contributed by atoms with Gasteiger partial charge in [-0.05, 0) is 24.2 Å². The van der Waals surface area contributed by atoms with Crippen LogP contribution >= 0.6 is 0 Å². The lowest BCUT2D eigenvalue weighted by Crippen LogP contribution is -2.45. The summed E-state index contributed by atoms with van der Waals surface area (Å²) in [5.41, 5.74) is 0.0158. The number of hydrogen-bond acceptors (Lipinski definition) is 5. The minimum absolute atomic E-state index is 0.0158. The van der Waals surface area contributed by atoms with Gasteiger partial charge in [0.1, 0.15) is 0 Å². The molecular formula is C10H14N4O4. The highest BCUT2D eigenvalue weighted by atomic mass is 16.6. The molecule has 8 nitrogen and oxygen atoms in total. The molecule has 1 fully saturated rings. The lowest BCUT2D eigenvalue weighted by Gasteiger charge is -2.33. The number of H-pyrrole nitrogens is 1. The van der Waals surface area contributed by atoms with Crippen LogP contribution in [0.5, 0.6) is 0 Å². The van der Waals surface area contributed by atoms with Crippen molar-refractivity contribution in [3.8, 4) is 0 Å². The van der Waals surface area contributed by atoms with Crippen molar-refractivity contribution in [1.29, 1.82) is 0 Å². The number of nitrogens with zero attached hydrogens (tertiary/aromatic N) is 3. The van der Waals surface area contributed by atoms with Crippen molar-refractivity contribution in [2.24, 2.45) is 0 Å². The highest BCUT2D eigenvalue weighted by Gasteiger charge is 2.29. The van der Waals surface area contributed by atoms with E-state index in [-0.39, 0.29) is 30.1 Å². The first kappa shape index (κ1) is 12.5. The average molecular weight is 254 g/mol. The standard InChI is InChI=1S/C10H14N4O4/c15-6-7-3-1-2-4-13(7)10(16)8-5-9(12-11-8)14(17)18/h5,7,15H,1-4,6H2,(H,11,12)/t7-/m0/s1. The van der Waals surface area contributed by atoms with Gasteiger partial charge >= 0.3 is 5.82 Å². The molecule has 18 heavy (non-hydrogen) atoms. The molecule has 2 N–H and O–H groups in total. The van der Waals surface area contributed by atoms with E-state index in [0.717, 1.165) is 25.3 Å². The van der Waals surface area contributed by atoms with Crippen LogP contribution in [-0.4, -0.2) is 50.2 Å². The fourth-order valence-electron chi connectivity index (χ4n) is 2.12. The summed E-state index contributed by atoms with van der Waals surface area (Å²) in [6.07, 6.45) is 2.58. The van der Waals surface area contributed by atoms with E-state index in [1.807, 2.05) is 0 Å². The predicted octanol–water partition coefficient (Wildman–Crippen LogP) is 0.305. The third-order valence-electron chi connectivity index (χ3n) is 3.08. The number of nitrogens with one attached hydrogen (secondary N) is 1. The van der Waals surface area contributed by atoms with E-state index >= 15 is 0 Å². The number of aliphatic hydroxyl groups is 1. The Kier molecular flexibility index (Phi) is 3.56. The quantitative estimate of drug-likeness (QED) is 0.595. The number of aromatic nitrogens is 2. The second kappa shape index (κ2) is 5.13. The summed E-state index contributed by atoms with van der Waals surface area (Å²) in [6, 6.07) is 0.896. The van der Waals surface area contributed by atoms with Gasteiger partial charge < -0.3 is 20.1 Å². The van der Waals surface area contributed by atoms with Crippen LogP contribution in [-0.2, 0) is 0 Å². The third kappa shape index (κ3) is 2.33. The molecule has 0 aliphatic carbocycles. The van der Waals surface area contributed by atoms with E-state index < -0.39 is 4.92 Å². The summed E-state index contributed by atoms with van der Waals surface area (Å²) in [4.78, 5) is 23.5. The molecule has 1 saturated heterocycles. The van der Waals surface area contributed by atoms with Crippen LogP contribution in [0.3, 0.4) is 0 Å². The number of piperidine rings is 1. The molecule has 98 valence electrons. The number of carbonyl (C=O) groups is 1. The smallest absolute Gasteiger partial charge is 0.343 e. The van der Waals surface area contributed by atoms with Crippen LogP contribution in [0.15, 0.2) is 6.07 Å². The normalized spacial score (nSPS) is 19.8. The molecule has 1 aromatic rings. The van der Waals surface area contributed by atoms with Crippen molar-refractivity contribution in [3.63, 3.8) is 0 Å². The van der Waals surface area contributed by atoms with E-state index in [1.54, 1.807) is 0 Å². The fourth-order valence-corrected chi connectivity index (χ4v) is 2.12. The highest BCUT2D eigenvalue weighted by molar-refractivity contribution is 5.93. The number of hydrogen-bond donors (Lipinski definition) is 2.